The van der Waals surface area contributed by atoms with Crippen LogP contribution >= 0.6 is 0 Å². The van der Waals surface area contributed by atoms with Gasteiger partial charge in [-0.3, -0.25) is 9.78 Å². The normalized spacial score (nSPS) is 15.9. The average Bonchev–Trinajstić information content (AvgIpc) is 3.37. The molecule has 1 aliphatic heterocycles. The minimum atomic E-state index is -3.41. The number of pyridine rings is 1. The number of H-pyrrole nitrogens is 1. The summed E-state index contributed by atoms with van der Waals surface area (Å²) >= 11 is 0. The fourth-order valence-corrected chi connectivity index (χ4v) is 4.72. The largest absolute Gasteiger partial charge is 0.381 e. The topological polar surface area (TPSA) is 115 Å². The average molecular weight is 412 g/mol. The summed E-state index contributed by atoms with van der Waals surface area (Å²) in [5, 5.41) is 16.1. The molecule has 9 nitrogen and oxygen atoms in total. The van der Waals surface area contributed by atoms with Crippen LogP contribution in [-0.4, -0.2) is 52.8 Å². The van der Waals surface area contributed by atoms with Crippen LogP contribution in [0.1, 0.15) is 18.9 Å². The molecular formula is C19H20N6O3S. The predicted molar refractivity (Wildman–Crippen MR) is 109 cm³/mol. The molecule has 0 spiro atoms. The summed E-state index contributed by atoms with van der Waals surface area (Å²) in [6.45, 7) is 1.49. The van der Waals surface area contributed by atoms with Crippen LogP contribution in [0.5, 0.6) is 0 Å². The van der Waals surface area contributed by atoms with Gasteiger partial charge in [0.25, 0.3) is 0 Å². The first kappa shape index (κ1) is 18.1. The molecule has 3 aromatic heterocycles. The smallest absolute Gasteiger partial charge is 0.176 e. The number of anilines is 2. The van der Waals surface area contributed by atoms with E-state index in [4.69, 9.17) is 4.74 Å². The third kappa shape index (κ3) is 3.23. The van der Waals surface area contributed by atoms with Gasteiger partial charge < -0.3 is 10.1 Å². The zero-order chi connectivity index (χ0) is 20.0. The monoisotopic (exact) mass is 412 g/mol. The first-order chi connectivity index (χ1) is 14.0. The van der Waals surface area contributed by atoms with Crippen molar-refractivity contribution < 1.29 is 13.2 Å². The molecule has 2 N–H and O–H groups in total. The van der Waals surface area contributed by atoms with Crippen molar-refractivity contribution in [1.29, 1.82) is 0 Å². The molecule has 29 heavy (non-hydrogen) atoms. The number of rotatable bonds is 4. The molecule has 0 aliphatic carbocycles. The standard InChI is InChI=1S/C19H20N6O3S/c1-29(26,27)16-4-2-3-15-17(16)14-10-20-24-18(14)19(23-15)22-12-9-21-25(11-12)13-5-7-28-8-6-13/h2-4,9-11,13H,5-8H2,1H3,(H,20,24)(H,22,23). The van der Waals surface area contributed by atoms with Crippen LogP contribution in [0.15, 0.2) is 41.7 Å². The third-order valence-corrected chi connectivity index (χ3v) is 6.35. The van der Waals surface area contributed by atoms with Gasteiger partial charge in [-0.15, -0.1) is 0 Å². The number of sulfone groups is 1. The van der Waals surface area contributed by atoms with Crippen molar-refractivity contribution >= 4 is 43.1 Å². The van der Waals surface area contributed by atoms with E-state index in [1.165, 1.54) is 6.26 Å². The quantitative estimate of drug-likeness (QED) is 0.530. The van der Waals surface area contributed by atoms with Crippen molar-refractivity contribution in [3.8, 4) is 0 Å². The molecular weight excluding hydrogens is 392 g/mol. The van der Waals surface area contributed by atoms with E-state index in [9.17, 15) is 8.42 Å². The summed E-state index contributed by atoms with van der Waals surface area (Å²) in [5.41, 5.74) is 2.03. The number of hydrogen-bond donors (Lipinski definition) is 2. The fraction of sp³-hybridized carbons (Fsp3) is 0.316. The van der Waals surface area contributed by atoms with Gasteiger partial charge in [0.15, 0.2) is 15.7 Å². The van der Waals surface area contributed by atoms with Crippen LogP contribution in [0.25, 0.3) is 21.8 Å². The molecule has 1 aromatic carbocycles. The summed E-state index contributed by atoms with van der Waals surface area (Å²) < 4.78 is 31.9. The summed E-state index contributed by atoms with van der Waals surface area (Å²) in [4.78, 5) is 4.91. The molecule has 4 heterocycles. The van der Waals surface area contributed by atoms with Crippen molar-refractivity contribution in [1.82, 2.24) is 25.0 Å². The lowest BCUT2D eigenvalue weighted by Crippen LogP contribution is -2.19. The highest BCUT2D eigenvalue weighted by Gasteiger charge is 2.20. The van der Waals surface area contributed by atoms with E-state index in [1.54, 1.807) is 30.6 Å². The second-order valence-electron chi connectivity index (χ2n) is 7.22. The lowest BCUT2D eigenvalue weighted by Gasteiger charge is -2.22. The summed E-state index contributed by atoms with van der Waals surface area (Å²) in [7, 11) is -3.41. The van der Waals surface area contributed by atoms with Gasteiger partial charge in [-0.2, -0.15) is 10.2 Å². The number of ether oxygens (including phenoxy) is 1. The number of hydrogen-bond acceptors (Lipinski definition) is 7. The van der Waals surface area contributed by atoms with Gasteiger partial charge in [0, 0.05) is 36.4 Å². The summed E-state index contributed by atoms with van der Waals surface area (Å²) in [6.07, 6.45) is 8.42. The highest BCUT2D eigenvalue weighted by Crippen LogP contribution is 2.33. The maximum absolute atomic E-state index is 12.2. The van der Waals surface area contributed by atoms with Gasteiger partial charge in [0.1, 0.15) is 5.52 Å². The molecule has 0 bridgehead atoms. The van der Waals surface area contributed by atoms with E-state index < -0.39 is 9.84 Å². The molecule has 150 valence electrons. The van der Waals surface area contributed by atoms with Gasteiger partial charge in [0.05, 0.1) is 34.5 Å². The Hall–Kier alpha value is -2.98. The minimum Gasteiger partial charge on any atom is -0.381 e. The molecule has 0 amide bonds. The van der Waals surface area contributed by atoms with E-state index in [0.29, 0.717) is 33.7 Å². The Morgan fingerprint density at radius 1 is 1.24 bits per heavy atom. The fourth-order valence-electron chi connectivity index (χ4n) is 3.80. The minimum absolute atomic E-state index is 0.243. The van der Waals surface area contributed by atoms with Crippen LogP contribution in [0, 0.1) is 0 Å². The Bertz CT molecular complexity index is 1300. The second-order valence-corrected chi connectivity index (χ2v) is 9.20. The van der Waals surface area contributed by atoms with E-state index in [-0.39, 0.29) is 4.90 Å². The van der Waals surface area contributed by atoms with E-state index in [0.717, 1.165) is 31.7 Å². The predicted octanol–water partition coefficient (Wildman–Crippen LogP) is 2.81. The lowest BCUT2D eigenvalue weighted by molar-refractivity contribution is 0.0662. The lowest BCUT2D eigenvalue weighted by atomic mass is 10.1. The second kappa shape index (κ2) is 6.82. The van der Waals surface area contributed by atoms with E-state index in [2.05, 4.69) is 25.6 Å². The van der Waals surface area contributed by atoms with Gasteiger partial charge in [0.2, 0.25) is 0 Å². The summed E-state index contributed by atoms with van der Waals surface area (Å²) in [5.74, 6) is 0.571. The van der Waals surface area contributed by atoms with E-state index in [1.807, 2.05) is 10.9 Å². The molecule has 10 heteroatoms. The zero-order valence-corrected chi connectivity index (χ0v) is 16.6. The first-order valence-electron chi connectivity index (χ1n) is 9.35. The Labute approximate surface area is 167 Å². The zero-order valence-electron chi connectivity index (χ0n) is 15.8. The van der Waals surface area contributed by atoms with Gasteiger partial charge in [-0.05, 0) is 25.0 Å². The number of aromatic amines is 1. The van der Waals surface area contributed by atoms with Gasteiger partial charge in [-0.25, -0.2) is 13.4 Å². The number of nitrogens with zero attached hydrogens (tertiary/aromatic N) is 4. The van der Waals surface area contributed by atoms with Gasteiger partial charge in [-0.1, -0.05) is 6.07 Å². The van der Waals surface area contributed by atoms with Crippen LogP contribution in [0.2, 0.25) is 0 Å². The number of nitrogens with one attached hydrogen (secondary N) is 2. The Morgan fingerprint density at radius 2 is 2.07 bits per heavy atom. The van der Waals surface area contributed by atoms with E-state index >= 15 is 0 Å². The molecule has 1 fully saturated rings. The number of fused-ring (bicyclic) bond motifs is 3. The molecule has 5 rings (SSSR count). The van der Waals surface area contributed by atoms with Crippen LogP contribution < -0.4 is 5.32 Å². The Morgan fingerprint density at radius 3 is 2.86 bits per heavy atom. The van der Waals surface area contributed by atoms with Crippen molar-refractivity contribution in [2.45, 2.75) is 23.8 Å². The van der Waals surface area contributed by atoms with Crippen LogP contribution in [0.3, 0.4) is 0 Å². The van der Waals surface area contributed by atoms with Gasteiger partial charge >= 0.3 is 0 Å². The molecule has 1 aliphatic rings. The van der Waals surface area contributed by atoms with Crippen LogP contribution in [-0.2, 0) is 14.6 Å². The number of aromatic nitrogens is 5. The van der Waals surface area contributed by atoms with Crippen molar-refractivity contribution in [2.24, 2.45) is 0 Å². The maximum Gasteiger partial charge on any atom is 0.176 e. The molecule has 0 radical (unpaired) electrons. The van der Waals surface area contributed by atoms with Crippen molar-refractivity contribution in [3.63, 3.8) is 0 Å². The highest BCUT2D eigenvalue weighted by molar-refractivity contribution is 7.91. The highest BCUT2D eigenvalue weighted by atomic mass is 32.2. The molecule has 4 aromatic rings. The maximum atomic E-state index is 12.2. The Balaban J connectivity index is 1.57. The molecule has 0 atom stereocenters. The molecule has 0 saturated carbocycles. The molecule has 0 unspecified atom stereocenters. The SMILES string of the molecule is CS(=O)(=O)c1cccc2nc(Nc3cnn(C4CCOCC4)c3)c3[nH]ncc3c12. The summed E-state index contributed by atoms with van der Waals surface area (Å²) in [6, 6.07) is 5.42. The van der Waals surface area contributed by atoms with Crippen molar-refractivity contribution in [3.05, 3.63) is 36.8 Å². The molecule has 1 saturated heterocycles. The third-order valence-electron chi connectivity index (χ3n) is 5.21. The van der Waals surface area contributed by atoms with Crippen LogP contribution in [0.4, 0.5) is 11.5 Å². The van der Waals surface area contributed by atoms with Crippen molar-refractivity contribution in [2.75, 3.05) is 24.8 Å². The Kier molecular flexibility index (Phi) is 4.25. The number of benzene rings is 1. The first-order valence-corrected chi connectivity index (χ1v) is 11.2.